The van der Waals surface area contributed by atoms with Gasteiger partial charge in [0, 0.05) is 12.1 Å². The predicted octanol–water partition coefficient (Wildman–Crippen LogP) is -0.569. The number of hydrogen-bond acceptors (Lipinski definition) is 4. The number of nitrogens with zero attached hydrogens (tertiary/aromatic N) is 1. The molecular weight excluding hydrogens is 218 g/mol. The Balaban J connectivity index is 1.80. The van der Waals surface area contributed by atoms with Gasteiger partial charge in [0.15, 0.2) is 0 Å². The first kappa shape index (κ1) is 12.8. The first-order chi connectivity index (χ1) is 8.20. The van der Waals surface area contributed by atoms with Gasteiger partial charge in [-0.2, -0.15) is 0 Å². The zero-order valence-corrected chi connectivity index (χ0v) is 10.7. The van der Waals surface area contributed by atoms with E-state index in [0.717, 1.165) is 25.9 Å². The maximum Gasteiger partial charge on any atom is 0.227 e. The van der Waals surface area contributed by atoms with Crippen LogP contribution in [0.3, 0.4) is 0 Å². The molecule has 1 amide bonds. The zero-order chi connectivity index (χ0) is 12.3. The lowest BCUT2D eigenvalue weighted by atomic mass is 10.00. The van der Waals surface area contributed by atoms with E-state index < -0.39 is 0 Å². The molecule has 0 bridgehead atoms. The molecule has 2 atom stereocenters. The number of amides is 1. The summed E-state index contributed by atoms with van der Waals surface area (Å²) >= 11 is 0. The van der Waals surface area contributed by atoms with Gasteiger partial charge in [-0.3, -0.25) is 4.79 Å². The lowest BCUT2D eigenvalue weighted by Crippen LogP contribution is -2.49. The minimum atomic E-state index is -0.0281. The molecular formula is C12H23N3O2. The smallest absolute Gasteiger partial charge is 0.227 e. The number of carbonyl (C=O) groups excluding carboxylic acids is 1. The van der Waals surface area contributed by atoms with Gasteiger partial charge in [-0.25, -0.2) is 0 Å². The monoisotopic (exact) mass is 241 g/mol. The van der Waals surface area contributed by atoms with Gasteiger partial charge < -0.3 is 20.3 Å². The normalized spacial score (nSPS) is 31.6. The van der Waals surface area contributed by atoms with E-state index in [1.54, 1.807) is 0 Å². The number of likely N-dealkylation sites (tertiary alicyclic amines) is 1. The van der Waals surface area contributed by atoms with E-state index in [4.69, 9.17) is 4.74 Å². The second-order valence-electron chi connectivity index (χ2n) is 5.13. The Morgan fingerprint density at radius 2 is 2.00 bits per heavy atom. The predicted molar refractivity (Wildman–Crippen MR) is 65.8 cm³/mol. The van der Waals surface area contributed by atoms with E-state index in [1.807, 2.05) is 7.05 Å². The summed E-state index contributed by atoms with van der Waals surface area (Å²) in [5, 5.41) is 6.31. The van der Waals surface area contributed by atoms with Crippen LogP contribution in [-0.2, 0) is 9.53 Å². The molecule has 5 heteroatoms. The van der Waals surface area contributed by atoms with Crippen LogP contribution in [-0.4, -0.2) is 63.3 Å². The molecule has 2 aliphatic heterocycles. The Morgan fingerprint density at radius 1 is 1.29 bits per heavy atom. The second kappa shape index (κ2) is 5.80. The van der Waals surface area contributed by atoms with Crippen LogP contribution >= 0.6 is 0 Å². The van der Waals surface area contributed by atoms with Crippen molar-refractivity contribution in [2.75, 3.05) is 40.4 Å². The number of ether oxygens (including phenoxy) is 1. The molecule has 0 aromatic rings. The third-order valence-electron chi connectivity index (χ3n) is 3.85. The average Bonchev–Trinajstić information content (AvgIpc) is 2.80. The van der Waals surface area contributed by atoms with Crippen molar-refractivity contribution in [3.63, 3.8) is 0 Å². The van der Waals surface area contributed by atoms with E-state index in [2.05, 4.69) is 22.6 Å². The molecule has 0 aliphatic carbocycles. The summed E-state index contributed by atoms with van der Waals surface area (Å²) < 4.78 is 5.36. The van der Waals surface area contributed by atoms with Crippen LogP contribution in [0.4, 0.5) is 0 Å². The van der Waals surface area contributed by atoms with Crippen molar-refractivity contribution in [1.29, 1.82) is 0 Å². The van der Waals surface area contributed by atoms with Crippen LogP contribution in [0.25, 0.3) is 0 Å². The van der Waals surface area contributed by atoms with Crippen LogP contribution in [0.2, 0.25) is 0 Å². The topological polar surface area (TPSA) is 53.6 Å². The van der Waals surface area contributed by atoms with Gasteiger partial charge >= 0.3 is 0 Å². The second-order valence-corrected chi connectivity index (χ2v) is 5.13. The summed E-state index contributed by atoms with van der Waals surface area (Å²) in [5.74, 6) is 0.121. The minimum absolute atomic E-state index is 0.0281. The summed E-state index contributed by atoms with van der Waals surface area (Å²) in [7, 11) is 4.01. The van der Waals surface area contributed by atoms with Crippen molar-refractivity contribution in [1.82, 2.24) is 15.5 Å². The number of likely N-dealkylation sites (N-methyl/N-ethyl adjacent to an activating group) is 1. The highest BCUT2D eigenvalue weighted by Crippen LogP contribution is 2.15. The molecule has 2 fully saturated rings. The molecule has 0 aromatic carbocycles. The fourth-order valence-electron chi connectivity index (χ4n) is 2.56. The standard InChI is InChI=1S/C12H23N3O2/c1-13-11-8-17-7-10(11)12(16)14-9-3-5-15(2)6-4-9/h9-11,13H,3-8H2,1-2H3,(H,14,16). The maximum absolute atomic E-state index is 12.1. The third kappa shape index (κ3) is 3.18. The lowest BCUT2D eigenvalue weighted by molar-refractivity contribution is -0.126. The Kier molecular flexibility index (Phi) is 4.36. The fraction of sp³-hybridized carbons (Fsp3) is 0.917. The highest BCUT2D eigenvalue weighted by atomic mass is 16.5. The molecule has 2 saturated heterocycles. The molecule has 5 nitrogen and oxygen atoms in total. The van der Waals surface area contributed by atoms with Gasteiger partial charge in [-0.1, -0.05) is 0 Å². The van der Waals surface area contributed by atoms with Crippen molar-refractivity contribution in [2.24, 2.45) is 5.92 Å². The molecule has 0 radical (unpaired) electrons. The Hall–Kier alpha value is -0.650. The first-order valence-corrected chi connectivity index (χ1v) is 6.44. The lowest BCUT2D eigenvalue weighted by Gasteiger charge is -2.30. The number of carbonyl (C=O) groups is 1. The van der Waals surface area contributed by atoms with Gasteiger partial charge in [0.1, 0.15) is 0 Å². The molecule has 0 aromatic heterocycles. The number of nitrogens with one attached hydrogen (secondary N) is 2. The van der Waals surface area contributed by atoms with Crippen LogP contribution in [0.15, 0.2) is 0 Å². The molecule has 2 aliphatic rings. The summed E-state index contributed by atoms with van der Waals surface area (Å²) in [5.41, 5.74) is 0. The molecule has 0 saturated carbocycles. The van der Waals surface area contributed by atoms with Crippen LogP contribution in [0, 0.1) is 5.92 Å². The Bertz CT molecular complexity index is 264. The van der Waals surface area contributed by atoms with Crippen molar-refractivity contribution in [3.05, 3.63) is 0 Å². The summed E-state index contributed by atoms with van der Waals surface area (Å²) in [6.07, 6.45) is 2.11. The Morgan fingerprint density at radius 3 is 2.65 bits per heavy atom. The minimum Gasteiger partial charge on any atom is -0.379 e. The van der Waals surface area contributed by atoms with E-state index in [9.17, 15) is 4.79 Å². The summed E-state index contributed by atoms with van der Waals surface area (Å²) in [6, 6.07) is 0.512. The van der Waals surface area contributed by atoms with Gasteiger partial charge in [0.05, 0.1) is 19.1 Å². The van der Waals surface area contributed by atoms with Crippen molar-refractivity contribution in [3.8, 4) is 0 Å². The fourth-order valence-corrected chi connectivity index (χ4v) is 2.56. The van der Waals surface area contributed by atoms with Crippen molar-refractivity contribution >= 4 is 5.91 Å². The largest absolute Gasteiger partial charge is 0.379 e. The molecule has 98 valence electrons. The third-order valence-corrected chi connectivity index (χ3v) is 3.85. The molecule has 17 heavy (non-hydrogen) atoms. The van der Waals surface area contributed by atoms with Crippen LogP contribution in [0.1, 0.15) is 12.8 Å². The molecule has 2 unspecified atom stereocenters. The summed E-state index contributed by atoms with van der Waals surface area (Å²) in [4.78, 5) is 14.4. The number of hydrogen-bond donors (Lipinski definition) is 2. The van der Waals surface area contributed by atoms with Gasteiger partial charge in [-0.15, -0.1) is 0 Å². The van der Waals surface area contributed by atoms with Crippen LogP contribution in [0.5, 0.6) is 0 Å². The Labute approximate surface area is 103 Å². The van der Waals surface area contributed by atoms with Gasteiger partial charge in [-0.05, 0) is 40.0 Å². The summed E-state index contributed by atoms with van der Waals surface area (Å²) in [6.45, 7) is 3.33. The van der Waals surface area contributed by atoms with Crippen LogP contribution < -0.4 is 10.6 Å². The highest BCUT2D eigenvalue weighted by Gasteiger charge is 2.34. The molecule has 2 rings (SSSR count). The van der Waals surface area contributed by atoms with E-state index in [0.29, 0.717) is 19.3 Å². The molecule has 2 heterocycles. The molecule has 2 N–H and O–H groups in total. The first-order valence-electron chi connectivity index (χ1n) is 6.44. The zero-order valence-electron chi connectivity index (χ0n) is 10.7. The maximum atomic E-state index is 12.1. The quantitative estimate of drug-likeness (QED) is 0.695. The molecule has 0 spiro atoms. The van der Waals surface area contributed by atoms with E-state index in [-0.39, 0.29) is 17.9 Å². The van der Waals surface area contributed by atoms with Gasteiger partial charge in [0.25, 0.3) is 0 Å². The number of piperidine rings is 1. The van der Waals surface area contributed by atoms with Gasteiger partial charge in [0.2, 0.25) is 5.91 Å². The SMILES string of the molecule is CNC1COCC1C(=O)NC1CCN(C)CC1. The van der Waals surface area contributed by atoms with Crippen molar-refractivity contribution < 1.29 is 9.53 Å². The van der Waals surface area contributed by atoms with E-state index >= 15 is 0 Å². The van der Waals surface area contributed by atoms with E-state index in [1.165, 1.54) is 0 Å². The highest BCUT2D eigenvalue weighted by molar-refractivity contribution is 5.80. The van der Waals surface area contributed by atoms with Crippen molar-refractivity contribution in [2.45, 2.75) is 24.9 Å². The average molecular weight is 241 g/mol. The number of rotatable bonds is 3.